The second-order valence-electron chi connectivity index (χ2n) is 3.03. The third-order valence-electron chi connectivity index (χ3n) is 1.94. The van der Waals surface area contributed by atoms with Gasteiger partial charge in [0.2, 0.25) is 5.91 Å². The van der Waals surface area contributed by atoms with Gasteiger partial charge in [-0.2, -0.15) is 0 Å². The molecule has 6 nitrogen and oxygen atoms in total. The summed E-state index contributed by atoms with van der Waals surface area (Å²) in [5.74, 6) is -0.321. The molecule has 1 amide bonds. The third kappa shape index (κ3) is 1.73. The van der Waals surface area contributed by atoms with Crippen LogP contribution in [0.3, 0.4) is 0 Å². The number of nitrogens with one attached hydrogen (secondary N) is 1. The Balaban J connectivity index is 3.22. The predicted molar refractivity (Wildman–Crippen MR) is 51.1 cm³/mol. The first-order valence-corrected chi connectivity index (χ1v) is 4.01. The Bertz CT molecular complexity index is 395. The average molecular weight is 197 g/mol. The van der Waals surface area contributed by atoms with E-state index >= 15 is 0 Å². The number of carbonyl (C=O) groups excluding carboxylic acids is 1. The van der Waals surface area contributed by atoms with Crippen molar-refractivity contribution in [2.75, 3.05) is 5.32 Å². The molecule has 0 aliphatic carbocycles. The van der Waals surface area contributed by atoms with E-state index in [1.54, 1.807) is 18.5 Å². The second kappa shape index (κ2) is 3.49. The van der Waals surface area contributed by atoms with Crippen LogP contribution in [0.5, 0.6) is 0 Å². The summed E-state index contributed by atoms with van der Waals surface area (Å²) in [7, 11) is 1.69. The fraction of sp³-hybridized carbons (Fsp3) is 0.375. The van der Waals surface area contributed by atoms with Gasteiger partial charge in [0.1, 0.15) is 5.69 Å². The first-order chi connectivity index (χ1) is 6.43. The number of anilines is 1. The lowest BCUT2D eigenvalue weighted by atomic mass is 10.3. The summed E-state index contributed by atoms with van der Waals surface area (Å²) in [5.41, 5.74) is 0.698. The van der Waals surface area contributed by atoms with Crippen LogP contribution < -0.4 is 5.32 Å². The molecule has 0 aliphatic heterocycles. The van der Waals surface area contributed by atoms with E-state index in [2.05, 4.69) is 5.32 Å². The van der Waals surface area contributed by atoms with Crippen molar-refractivity contribution < 1.29 is 9.72 Å². The van der Waals surface area contributed by atoms with Crippen molar-refractivity contribution in [3.8, 4) is 0 Å². The maximum atomic E-state index is 10.8. The van der Waals surface area contributed by atoms with Crippen LogP contribution >= 0.6 is 0 Å². The minimum absolute atomic E-state index is 0.0531. The van der Waals surface area contributed by atoms with Gasteiger partial charge in [0.05, 0.1) is 10.6 Å². The van der Waals surface area contributed by atoms with E-state index in [1.807, 2.05) is 0 Å². The molecular weight excluding hydrogens is 186 g/mol. The molecule has 1 rings (SSSR count). The molecule has 1 aromatic rings. The molecule has 14 heavy (non-hydrogen) atoms. The lowest BCUT2D eigenvalue weighted by Gasteiger charge is -1.96. The zero-order valence-electron chi connectivity index (χ0n) is 8.20. The van der Waals surface area contributed by atoms with E-state index in [0.29, 0.717) is 5.69 Å². The second-order valence-corrected chi connectivity index (χ2v) is 3.03. The maximum absolute atomic E-state index is 10.8. The highest BCUT2D eigenvalue weighted by atomic mass is 16.6. The van der Waals surface area contributed by atoms with Crippen LogP contribution in [0.4, 0.5) is 11.4 Å². The molecule has 0 saturated heterocycles. The van der Waals surface area contributed by atoms with Gasteiger partial charge in [0, 0.05) is 20.2 Å². The maximum Gasteiger partial charge on any atom is 0.313 e. The Labute approximate surface area is 80.7 Å². The van der Waals surface area contributed by atoms with Crippen LogP contribution in [0.2, 0.25) is 0 Å². The van der Waals surface area contributed by atoms with Crippen LogP contribution in [0.25, 0.3) is 0 Å². The van der Waals surface area contributed by atoms with Crippen molar-refractivity contribution in [2.24, 2.45) is 7.05 Å². The highest BCUT2D eigenvalue weighted by Crippen LogP contribution is 2.29. The van der Waals surface area contributed by atoms with E-state index in [4.69, 9.17) is 0 Å². The lowest BCUT2D eigenvalue weighted by molar-refractivity contribution is -0.384. The fourth-order valence-electron chi connectivity index (χ4n) is 1.23. The zero-order chi connectivity index (χ0) is 10.9. The Kier molecular flexibility index (Phi) is 2.55. The van der Waals surface area contributed by atoms with E-state index in [-0.39, 0.29) is 17.3 Å². The van der Waals surface area contributed by atoms with Crippen molar-refractivity contribution in [1.82, 2.24) is 4.57 Å². The van der Waals surface area contributed by atoms with Gasteiger partial charge < -0.3 is 9.88 Å². The number of aryl methyl sites for hydroxylation is 1. The monoisotopic (exact) mass is 197 g/mol. The quantitative estimate of drug-likeness (QED) is 0.571. The minimum atomic E-state index is -0.499. The molecule has 0 aliphatic rings. The molecule has 0 bridgehead atoms. The van der Waals surface area contributed by atoms with Crippen LogP contribution in [0.15, 0.2) is 6.20 Å². The van der Waals surface area contributed by atoms with Crippen molar-refractivity contribution in [3.05, 3.63) is 22.0 Å². The summed E-state index contributed by atoms with van der Waals surface area (Å²) in [4.78, 5) is 20.9. The van der Waals surface area contributed by atoms with Gasteiger partial charge >= 0.3 is 5.69 Å². The predicted octanol–water partition coefficient (Wildman–Crippen LogP) is 1.20. The first kappa shape index (κ1) is 10.2. The number of carbonyl (C=O) groups is 1. The molecule has 6 heteroatoms. The standard InChI is InChI=1S/C8H11N3O3/c1-5-8(11(13)14)7(4-10(5)3)9-6(2)12/h4H,1-3H3,(H,9,12). The average Bonchev–Trinajstić information content (AvgIpc) is 2.26. The molecule has 76 valence electrons. The molecule has 1 aromatic heterocycles. The van der Waals surface area contributed by atoms with Crippen LogP contribution in [0, 0.1) is 17.0 Å². The summed E-state index contributed by atoms with van der Waals surface area (Å²) in [6, 6.07) is 0. The van der Waals surface area contributed by atoms with Crippen LogP contribution in [0.1, 0.15) is 12.6 Å². The lowest BCUT2D eigenvalue weighted by Crippen LogP contribution is -2.06. The number of aromatic nitrogens is 1. The molecule has 1 heterocycles. The molecule has 0 unspecified atom stereocenters. The van der Waals surface area contributed by atoms with E-state index < -0.39 is 4.92 Å². The molecule has 0 radical (unpaired) electrons. The van der Waals surface area contributed by atoms with E-state index in [9.17, 15) is 14.9 Å². The van der Waals surface area contributed by atoms with Gasteiger partial charge in [-0.1, -0.05) is 0 Å². The summed E-state index contributed by atoms with van der Waals surface area (Å²) in [6.45, 7) is 2.94. The number of nitro groups is 1. The van der Waals surface area contributed by atoms with E-state index in [0.717, 1.165) is 0 Å². The Morgan fingerprint density at radius 3 is 2.64 bits per heavy atom. The molecule has 0 atom stereocenters. The molecule has 1 N–H and O–H groups in total. The minimum Gasteiger partial charge on any atom is -0.347 e. The summed E-state index contributed by atoms with van der Waals surface area (Å²) < 4.78 is 1.60. The van der Waals surface area contributed by atoms with Crippen molar-refractivity contribution in [3.63, 3.8) is 0 Å². The molecule has 0 aromatic carbocycles. The van der Waals surface area contributed by atoms with Crippen LogP contribution in [-0.2, 0) is 11.8 Å². The molecule has 0 spiro atoms. The number of hydrogen-bond acceptors (Lipinski definition) is 3. The Morgan fingerprint density at radius 1 is 1.64 bits per heavy atom. The van der Waals surface area contributed by atoms with Crippen molar-refractivity contribution in [1.29, 1.82) is 0 Å². The topological polar surface area (TPSA) is 77.2 Å². The van der Waals surface area contributed by atoms with Crippen molar-refractivity contribution >= 4 is 17.3 Å². The highest BCUT2D eigenvalue weighted by Gasteiger charge is 2.21. The molecule has 0 saturated carbocycles. The largest absolute Gasteiger partial charge is 0.347 e. The number of rotatable bonds is 2. The van der Waals surface area contributed by atoms with Gasteiger partial charge in [-0.3, -0.25) is 14.9 Å². The summed E-state index contributed by atoms with van der Waals surface area (Å²) >= 11 is 0. The van der Waals surface area contributed by atoms with Gasteiger partial charge in [0.15, 0.2) is 0 Å². The molecular formula is C8H11N3O3. The zero-order valence-corrected chi connectivity index (χ0v) is 8.20. The highest BCUT2D eigenvalue weighted by molar-refractivity contribution is 5.91. The van der Waals surface area contributed by atoms with Gasteiger partial charge in [-0.15, -0.1) is 0 Å². The number of amides is 1. The van der Waals surface area contributed by atoms with Crippen molar-refractivity contribution in [2.45, 2.75) is 13.8 Å². The number of nitrogens with zero attached hydrogens (tertiary/aromatic N) is 2. The van der Waals surface area contributed by atoms with Gasteiger partial charge in [-0.05, 0) is 6.92 Å². The third-order valence-corrected chi connectivity index (χ3v) is 1.94. The Morgan fingerprint density at radius 2 is 2.21 bits per heavy atom. The van der Waals surface area contributed by atoms with Crippen LogP contribution in [-0.4, -0.2) is 15.4 Å². The van der Waals surface area contributed by atoms with Gasteiger partial charge in [-0.25, -0.2) is 0 Å². The van der Waals surface area contributed by atoms with Gasteiger partial charge in [0.25, 0.3) is 0 Å². The fourth-order valence-corrected chi connectivity index (χ4v) is 1.23. The first-order valence-electron chi connectivity index (χ1n) is 4.01. The molecule has 0 fully saturated rings. The SMILES string of the molecule is CC(=O)Nc1cn(C)c(C)c1[N+](=O)[O-]. The number of hydrogen-bond donors (Lipinski definition) is 1. The summed E-state index contributed by atoms with van der Waals surface area (Å²) in [6.07, 6.45) is 1.52. The normalized spacial score (nSPS) is 9.93. The summed E-state index contributed by atoms with van der Waals surface area (Å²) in [5, 5.41) is 13.1. The van der Waals surface area contributed by atoms with E-state index in [1.165, 1.54) is 13.1 Å². The Hall–Kier alpha value is -1.85. The smallest absolute Gasteiger partial charge is 0.313 e.